The topological polar surface area (TPSA) is 15.6 Å². The Labute approximate surface area is 101 Å². The predicted molar refractivity (Wildman–Crippen MR) is 72.1 cm³/mol. The second-order valence-electron chi connectivity index (χ2n) is 5.00. The molecule has 2 heteroatoms. The first kappa shape index (κ1) is 13.5. The van der Waals surface area contributed by atoms with Gasteiger partial charge >= 0.3 is 0 Å². The standard InChI is InChI=1S/C14H28N2/c1-5-12(6-2)14(15-3)16(4)13-10-8-7-9-11-13/h12-13H,5-11H2,1-4H3/b15-14-. The molecule has 0 bridgehead atoms. The fourth-order valence-corrected chi connectivity index (χ4v) is 2.94. The van der Waals surface area contributed by atoms with Gasteiger partial charge in [0.15, 0.2) is 0 Å². The monoisotopic (exact) mass is 224 g/mol. The van der Waals surface area contributed by atoms with Crippen LogP contribution in [-0.2, 0) is 0 Å². The van der Waals surface area contributed by atoms with Crippen LogP contribution in [-0.4, -0.2) is 30.9 Å². The van der Waals surface area contributed by atoms with Crippen LogP contribution in [0.3, 0.4) is 0 Å². The molecule has 94 valence electrons. The van der Waals surface area contributed by atoms with E-state index in [4.69, 9.17) is 0 Å². The van der Waals surface area contributed by atoms with Crippen LogP contribution in [0, 0.1) is 5.92 Å². The SMILES string of the molecule is CCC(CC)/C(=N/C)N(C)C1CCCCC1. The van der Waals surface area contributed by atoms with Gasteiger partial charge in [0.25, 0.3) is 0 Å². The van der Waals surface area contributed by atoms with E-state index in [1.165, 1.54) is 50.8 Å². The van der Waals surface area contributed by atoms with Crippen molar-refractivity contribution in [1.82, 2.24) is 4.90 Å². The molecule has 0 unspecified atom stereocenters. The molecule has 1 aliphatic carbocycles. The average molecular weight is 224 g/mol. The lowest BCUT2D eigenvalue weighted by Gasteiger charge is -2.36. The van der Waals surface area contributed by atoms with Crippen molar-refractivity contribution >= 4 is 5.84 Å². The molecule has 1 aliphatic rings. The highest BCUT2D eigenvalue weighted by Crippen LogP contribution is 2.24. The Morgan fingerprint density at radius 2 is 1.75 bits per heavy atom. The van der Waals surface area contributed by atoms with Gasteiger partial charge in [0.1, 0.15) is 5.84 Å². The molecule has 0 radical (unpaired) electrons. The maximum absolute atomic E-state index is 4.55. The van der Waals surface area contributed by atoms with E-state index in [1.54, 1.807) is 0 Å². The van der Waals surface area contributed by atoms with Crippen molar-refractivity contribution in [2.24, 2.45) is 10.9 Å². The Bertz CT molecular complexity index is 213. The van der Waals surface area contributed by atoms with Gasteiger partial charge in [-0.15, -0.1) is 0 Å². The van der Waals surface area contributed by atoms with Crippen molar-refractivity contribution in [2.45, 2.75) is 64.8 Å². The van der Waals surface area contributed by atoms with Crippen LogP contribution in [0.1, 0.15) is 58.8 Å². The van der Waals surface area contributed by atoms with Crippen LogP contribution in [0.5, 0.6) is 0 Å². The molecule has 0 aliphatic heterocycles. The zero-order valence-corrected chi connectivity index (χ0v) is 11.5. The van der Waals surface area contributed by atoms with Crippen LogP contribution >= 0.6 is 0 Å². The van der Waals surface area contributed by atoms with Crippen molar-refractivity contribution in [3.8, 4) is 0 Å². The van der Waals surface area contributed by atoms with Crippen molar-refractivity contribution in [1.29, 1.82) is 0 Å². The molecule has 0 aromatic rings. The molecule has 2 nitrogen and oxygen atoms in total. The third-order valence-corrected chi connectivity index (χ3v) is 4.06. The Morgan fingerprint density at radius 1 is 1.19 bits per heavy atom. The minimum atomic E-state index is 0.650. The number of aliphatic imine (C=N–C) groups is 1. The first-order valence-electron chi connectivity index (χ1n) is 6.94. The molecule has 0 amide bonds. The molecule has 1 saturated carbocycles. The summed E-state index contributed by atoms with van der Waals surface area (Å²) < 4.78 is 0. The number of nitrogens with zero attached hydrogens (tertiary/aromatic N) is 2. The summed E-state index contributed by atoms with van der Waals surface area (Å²) in [5, 5.41) is 0. The largest absolute Gasteiger partial charge is 0.360 e. The summed E-state index contributed by atoms with van der Waals surface area (Å²) in [5.74, 6) is 1.98. The normalized spacial score (nSPS) is 19.2. The van der Waals surface area contributed by atoms with Gasteiger partial charge in [-0.3, -0.25) is 4.99 Å². The van der Waals surface area contributed by atoms with Crippen molar-refractivity contribution in [3.05, 3.63) is 0 Å². The minimum absolute atomic E-state index is 0.650. The van der Waals surface area contributed by atoms with Crippen LogP contribution in [0.15, 0.2) is 4.99 Å². The summed E-state index contributed by atoms with van der Waals surface area (Å²) in [7, 11) is 4.20. The summed E-state index contributed by atoms with van der Waals surface area (Å²) in [4.78, 5) is 7.02. The molecule has 0 spiro atoms. The Balaban J connectivity index is 2.64. The molecule has 0 N–H and O–H groups in total. The quantitative estimate of drug-likeness (QED) is 0.525. The van der Waals surface area contributed by atoms with Gasteiger partial charge in [0.2, 0.25) is 0 Å². The zero-order chi connectivity index (χ0) is 12.0. The van der Waals surface area contributed by atoms with E-state index in [9.17, 15) is 0 Å². The third-order valence-electron chi connectivity index (χ3n) is 4.06. The van der Waals surface area contributed by atoms with Crippen molar-refractivity contribution in [2.75, 3.05) is 14.1 Å². The highest BCUT2D eigenvalue weighted by molar-refractivity contribution is 5.84. The van der Waals surface area contributed by atoms with Crippen molar-refractivity contribution in [3.63, 3.8) is 0 Å². The summed E-state index contributed by atoms with van der Waals surface area (Å²) >= 11 is 0. The summed E-state index contributed by atoms with van der Waals surface area (Å²) in [6.45, 7) is 4.54. The highest BCUT2D eigenvalue weighted by Gasteiger charge is 2.23. The number of hydrogen-bond donors (Lipinski definition) is 0. The van der Waals surface area contributed by atoms with Gasteiger partial charge in [0.05, 0.1) is 0 Å². The fourth-order valence-electron chi connectivity index (χ4n) is 2.94. The van der Waals surface area contributed by atoms with E-state index in [0.29, 0.717) is 5.92 Å². The summed E-state index contributed by atoms with van der Waals surface area (Å²) in [5.41, 5.74) is 0. The second-order valence-corrected chi connectivity index (χ2v) is 5.00. The zero-order valence-electron chi connectivity index (χ0n) is 11.5. The molecule has 16 heavy (non-hydrogen) atoms. The van der Waals surface area contributed by atoms with Crippen LogP contribution in [0.4, 0.5) is 0 Å². The van der Waals surface area contributed by atoms with Crippen LogP contribution in [0.2, 0.25) is 0 Å². The lowest BCUT2D eigenvalue weighted by atomic mass is 9.92. The lowest BCUT2D eigenvalue weighted by Crippen LogP contribution is -2.41. The van der Waals surface area contributed by atoms with Crippen LogP contribution < -0.4 is 0 Å². The van der Waals surface area contributed by atoms with Gasteiger partial charge in [-0.05, 0) is 25.7 Å². The second kappa shape index (κ2) is 6.93. The molecular formula is C14H28N2. The molecular weight excluding hydrogens is 196 g/mol. The summed E-state index contributed by atoms with van der Waals surface area (Å²) in [6, 6.07) is 0.744. The van der Waals surface area contributed by atoms with E-state index in [1.807, 2.05) is 7.05 Å². The first-order chi connectivity index (χ1) is 7.74. The maximum atomic E-state index is 4.55. The molecule has 1 fully saturated rings. The maximum Gasteiger partial charge on any atom is 0.102 e. The Hall–Kier alpha value is -0.530. The lowest BCUT2D eigenvalue weighted by molar-refractivity contribution is 0.266. The molecule has 0 saturated heterocycles. The Kier molecular flexibility index (Phi) is 5.86. The van der Waals surface area contributed by atoms with Crippen molar-refractivity contribution < 1.29 is 0 Å². The van der Waals surface area contributed by atoms with Gasteiger partial charge in [-0.1, -0.05) is 33.1 Å². The molecule has 0 aromatic heterocycles. The molecule has 0 heterocycles. The highest BCUT2D eigenvalue weighted by atomic mass is 15.2. The van der Waals surface area contributed by atoms with E-state index < -0.39 is 0 Å². The number of amidine groups is 1. The van der Waals surface area contributed by atoms with E-state index >= 15 is 0 Å². The fraction of sp³-hybridized carbons (Fsp3) is 0.929. The predicted octanol–water partition coefficient (Wildman–Crippen LogP) is 3.72. The van der Waals surface area contributed by atoms with E-state index in [2.05, 4.69) is 30.8 Å². The van der Waals surface area contributed by atoms with Crippen LogP contribution in [0.25, 0.3) is 0 Å². The average Bonchev–Trinajstić information content (AvgIpc) is 2.36. The number of hydrogen-bond acceptors (Lipinski definition) is 1. The molecule has 1 rings (SSSR count). The van der Waals surface area contributed by atoms with Gasteiger partial charge in [0, 0.05) is 26.1 Å². The third kappa shape index (κ3) is 3.23. The summed E-state index contributed by atoms with van der Waals surface area (Å²) in [6.07, 6.45) is 9.35. The van der Waals surface area contributed by atoms with Gasteiger partial charge in [-0.2, -0.15) is 0 Å². The van der Waals surface area contributed by atoms with E-state index in [-0.39, 0.29) is 0 Å². The first-order valence-corrected chi connectivity index (χ1v) is 6.94. The Morgan fingerprint density at radius 3 is 2.19 bits per heavy atom. The molecule has 0 atom stereocenters. The number of rotatable bonds is 4. The minimum Gasteiger partial charge on any atom is -0.360 e. The van der Waals surface area contributed by atoms with E-state index in [0.717, 1.165) is 6.04 Å². The smallest absolute Gasteiger partial charge is 0.102 e. The van der Waals surface area contributed by atoms with Gasteiger partial charge < -0.3 is 4.90 Å². The van der Waals surface area contributed by atoms with Gasteiger partial charge in [-0.25, -0.2) is 0 Å². The molecule has 0 aromatic carbocycles.